The molecular formula is C19H20N2O2. The molecule has 118 valence electrons. The fourth-order valence-corrected chi connectivity index (χ4v) is 3.06. The Balaban J connectivity index is 1.64. The van der Waals surface area contributed by atoms with Gasteiger partial charge >= 0.3 is 0 Å². The van der Waals surface area contributed by atoms with Gasteiger partial charge in [0.2, 0.25) is 11.8 Å². The summed E-state index contributed by atoms with van der Waals surface area (Å²) in [6.07, 6.45) is 0.396. The van der Waals surface area contributed by atoms with Crippen LogP contribution < -0.4 is 10.2 Å². The number of hydrogen-bond donors (Lipinski definition) is 1. The molecular weight excluding hydrogens is 288 g/mol. The number of anilines is 1. The fraction of sp³-hybridized carbons (Fsp3) is 0.263. The maximum absolute atomic E-state index is 12.2. The van der Waals surface area contributed by atoms with E-state index in [2.05, 4.69) is 5.32 Å². The van der Waals surface area contributed by atoms with E-state index >= 15 is 0 Å². The van der Waals surface area contributed by atoms with Gasteiger partial charge < -0.3 is 10.2 Å². The molecule has 4 heteroatoms. The van der Waals surface area contributed by atoms with Gasteiger partial charge in [-0.15, -0.1) is 0 Å². The summed E-state index contributed by atoms with van der Waals surface area (Å²) in [5, 5.41) is 2.96. The second-order valence-electron chi connectivity index (χ2n) is 5.85. The summed E-state index contributed by atoms with van der Waals surface area (Å²) in [7, 11) is 0. The molecule has 0 aliphatic carbocycles. The number of nitrogens with one attached hydrogen (secondary N) is 1. The number of amides is 2. The van der Waals surface area contributed by atoms with Gasteiger partial charge in [-0.3, -0.25) is 9.59 Å². The predicted octanol–water partition coefficient (Wildman–Crippen LogP) is 2.84. The van der Waals surface area contributed by atoms with E-state index in [-0.39, 0.29) is 17.7 Å². The van der Waals surface area contributed by atoms with Gasteiger partial charge in [-0.05, 0) is 17.2 Å². The summed E-state index contributed by atoms with van der Waals surface area (Å²) in [6.45, 7) is 2.67. The molecule has 2 aromatic carbocycles. The lowest BCUT2D eigenvalue weighted by atomic mass is 9.97. The second kappa shape index (κ2) is 6.65. The SMILES string of the molecule is CC(=O)N1CC(CC(=O)NCc2ccccc2)c2ccccc21. The lowest BCUT2D eigenvalue weighted by molar-refractivity contribution is -0.122. The molecule has 0 saturated heterocycles. The number of rotatable bonds is 4. The van der Waals surface area contributed by atoms with Crippen LogP contribution in [0.3, 0.4) is 0 Å². The highest BCUT2D eigenvalue weighted by Crippen LogP contribution is 2.37. The van der Waals surface area contributed by atoms with Gasteiger partial charge in [-0.1, -0.05) is 48.5 Å². The summed E-state index contributed by atoms with van der Waals surface area (Å²) < 4.78 is 0. The summed E-state index contributed by atoms with van der Waals surface area (Å²) in [4.78, 5) is 25.8. The third-order valence-corrected chi connectivity index (χ3v) is 4.21. The normalized spacial score (nSPS) is 16.0. The quantitative estimate of drug-likeness (QED) is 0.944. The van der Waals surface area contributed by atoms with Crippen molar-refractivity contribution in [1.29, 1.82) is 0 Å². The van der Waals surface area contributed by atoms with Gasteiger partial charge in [0.25, 0.3) is 0 Å². The number of para-hydroxylation sites is 1. The third-order valence-electron chi connectivity index (χ3n) is 4.21. The fourth-order valence-electron chi connectivity index (χ4n) is 3.06. The number of fused-ring (bicyclic) bond motifs is 1. The lowest BCUT2D eigenvalue weighted by Crippen LogP contribution is -2.29. The third kappa shape index (κ3) is 3.42. The zero-order valence-corrected chi connectivity index (χ0v) is 13.2. The van der Waals surface area contributed by atoms with Crippen LogP contribution in [0.1, 0.15) is 30.4 Å². The number of carbonyl (C=O) groups excluding carboxylic acids is 2. The standard InChI is InChI=1S/C19H20N2O2/c1-14(22)21-13-16(17-9-5-6-10-18(17)21)11-19(23)20-12-15-7-3-2-4-8-15/h2-10,16H,11-13H2,1H3,(H,20,23). The summed E-state index contributed by atoms with van der Waals surface area (Å²) in [5.74, 6) is 0.0922. The van der Waals surface area contributed by atoms with Gasteiger partial charge in [0.1, 0.15) is 0 Å². The van der Waals surface area contributed by atoms with E-state index in [4.69, 9.17) is 0 Å². The molecule has 0 aromatic heterocycles. The number of benzene rings is 2. The molecule has 0 fully saturated rings. The predicted molar refractivity (Wildman–Crippen MR) is 90.1 cm³/mol. The molecule has 1 N–H and O–H groups in total. The molecule has 0 spiro atoms. The first kappa shape index (κ1) is 15.3. The van der Waals surface area contributed by atoms with E-state index in [0.717, 1.165) is 16.8 Å². The van der Waals surface area contributed by atoms with Gasteiger partial charge in [-0.2, -0.15) is 0 Å². The highest BCUT2D eigenvalue weighted by Gasteiger charge is 2.31. The Kier molecular flexibility index (Phi) is 4.42. The van der Waals surface area contributed by atoms with Crippen LogP contribution in [0.5, 0.6) is 0 Å². The van der Waals surface area contributed by atoms with Crippen LogP contribution in [0.25, 0.3) is 0 Å². The van der Waals surface area contributed by atoms with E-state index in [1.807, 2.05) is 54.6 Å². The van der Waals surface area contributed by atoms with E-state index in [1.54, 1.807) is 11.8 Å². The van der Waals surface area contributed by atoms with E-state index in [9.17, 15) is 9.59 Å². The lowest BCUT2D eigenvalue weighted by Gasteiger charge is -2.15. The van der Waals surface area contributed by atoms with Gasteiger partial charge in [0, 0.05) is 38.0 Å². The topological polar surface area (TPSA) is 49.4 Å². The van der Waals surface area contributed by atoms with Crippen LogP contribution in [0.2, 0.25) is 0 Å². The van der Waals surface area contributed by atoms with Crippen molar-refractivity contribution in [3.05, 3.63) is 65.7 Å². The van der Waals surface area contributed by atoms with Crippen molar-refractivity contribution in [1.82, 2.24) is 5.32 Å². The van der Waals surface area contributed by atoms with Crippen molar-refractivity contribution >= 4 is 17.5 Å². The van der Waals surface area contributed by atoms with Crippen LogP contribution in [-0.4, -0.2) is 18.4 Å². The van der Waals surface area contributed by atoms with Gasteiger partial charge in [0.15, 0.2) is 0 Å². The van der Waals surface area contributed by atoms with Crippen LogP contribution in [-0.2, 0) is 16.1 Å². The Morgan fingerprint density at radius 1 is 1.09 bits per heavy atom. The molecule has 1 aliphatic rings. The number of carbonyl (C=O) groups is 2. The van der Waals surface area contributed by atoms with Crippen LogP contribution in [0.15, 0.2) is 54.6 Å². The zero-order chi connectivity index (χ0) is 16.2. The Morgan fingerprint density at radius 3 is 2.52 bits per heavy atom. The molecule has 0 saturated carbocycles. The molecule has 1 atom stereocenters. The number of nitrogens with zero attached hydrogens (tertiary/aromatic N) is 1. The smallest absolute Gasteiger partial charge is 0.223 e. The molecule has 1 aliphatic heterocycles. The summed E-state index contributed by atoms with van der Waals surface area (Å²) in [5.41, 5.74) is 3.09. The second-order valence-corrected chi connectivity index (χ2v) is 5.85. The van der Waals surface area contributed by atoms with Gasteiger partial charge in [0.05, 0.1) is 0 Å². The first-order valence-corrected chi connectivity index (χ1v) is 7.83. The van der Waals surface area contributed by atoms with Crippen molar-refractivity contribution < 1.29 is 9.59 Å². The monoisotopic (exact) mass is 308 g/mol. The number of hydrogen-bond acceptors (Lipinski definition) is 2. The van der Waals surface area contributed by atoms with Crippen LogP contribution in [0, 0.1) is 0 Å². The Hall–Kier alpha value is -2.62. The molecule has 2 amide bonds. The first-order chi connectivity index (χ1) is 11.1. The molecule has 2 aromatic rings. The van der Waals surface area contributed by atoms with Crippen LogP contribution in [0.4, 0.5) is 5.69 Å². The maximum atomic E-state index is 12.2. The highest BCUT2D eigenvalue weighted by molar-refractivity contribution is 5.94. The Labute approximate surface area is 136 Å². The summed E-state index contributed by atoms with van der Waals surface area (Å²) in [6, 6.07) is 17.7. The average molecular weight is 308 g/mol. The first-order valence-electron chi connectivity index (χ1n) is 7.83. The van der Waals surface area contributed by atoms with Crippen molar-refractivity contribution in [2.45, 2.75) is 25.8 Å². The minimum absolute atomic E-state index is 0.0130. The Morgan fingerprint density at radius 2 is 1.78 bits per heavy atom. The molecule has 1 heterocycles. The van der Waals surface area contributed by atoms with Crippen molar-refractivity contribution in [2.24, 2.45) is 0 Å². The van der Waals surface area contributed by atoms with Crippen molar-refractivity contribution in [3.63, 3.8) is 0 Å². The average Bonchev–Trinajstić information content (AvgIpc) is 2.93. The van der Waals surface area contributed by atoms with Crippen molar-refractivity contribution in [3.8, 4) is 0 Å². The molecule has 4 nitrogen and oxygen atoms in total. The maximum Gasteiger partial charge on any atom is 0.223 e. The highest BCUT2D eigenvalue weighted by atomic mass is 16.2. The van der Waals surface area contributed by atoms with Crippen molar-refractivity contribution in [2.75, 3.05) is 11.4 Å². The molecule has 1 unspecified atom stereocenters. The molecule has 3 rings (SSSR count). The van der Waals surface area contributed by atoms with E-state index < -0.39 is 0 Å². The Bertz CT molecular complexity index is 712. The molecule has 0 bridgehead atoms. The molecule has 0 radical (unpaired) electrons. The zero-order valence-electron chi connectivity index (χ0n) is 13.2. The molecule has 23 heavy (non-hydrogen) atoms. The van der Waals surface area contributed by atoms with Crippen LogP contribution >= 0.6 is 0 Å². The van der Waals surface area contributed by atoms with Gasteiger partial charge in [-0.25, -0.2) is 0 Å². The minimum Gasteiger partial charge on any atom is -0.352 e. The largest absolute Gasteiger partial charge is 0.352 e. The summed E-state index contributed by atoms with van der Waals surface area (Å²) >= 11 is 0. The van der Waals surface area contributed by atoms with E-state index in [1.165, 1.54) is 0 Å². The van der Waals surface area contributed by atoms with E-state index in [0.29, 0.717) is 19.5 Å². The minimum atomic E-state index is 0.0130.